The predicted octanol–water partition coefficient (Wildman–Crippen LogP) is 3.81. The number of benzene rings is 1. The fourth-order valence-corrected chi connectivity index (χ4v) is 5.44. The molecule has 10 heteroatoms. The van der Waals surface area contributed by atoms with Gasteiger partial charge in [0.2, 0.25) is 5.92 Å². The number of halogens is 5. The Bertz CT molecular complexity index is 842. The Morgan fingerprint density at radius 2 is 1.81 bits per heavy atom. The number of likely N-dealkylation sites (tertiary alicyclic amines) is 1. The van der Waals surface area contributed by atoms with Crippen molar-refractivity contribution in [1.29, 1.82) is 0 Å². The van der Waals surface area contributed by atoms with Gasteiger partial charge in [-0.05, 0) is 49.1 Å². The van der Waals surface area contributed by atoms with Gasteiger partial charge in [-0.1, -0.05) is 0 Å². The number of carbonyl (C=O) groups excluding carboxylic acids is 1. The Balaban J connectivity index is 1.18. The van der Waals surface area contributed by atoms with Crippen molar-refractivity contribution in [2.24, 2.45) is 11.3 Å². The van der Waals surface area contributed by atoms with Crippen LogP contribution in [0.25, 0.3) is 0 Å². The van der Waals surface area contributed by atoms with E-state index in [0.29, 0.717) is 13.1 Å². The number of nitrogens with zero attached hydrogens (tertiary/aromatic N) is 1. The molecule has 1 aliphatic heterocycles. The van der Waals surface area contributed by atoms with Gasteiger partial charge in [0.1, 0.15) is 11.6 Å². The Kier molecular flexibility index (Phi) is 6.13. The van der Waals surface area contributed by atoms with Gasteiger partial charge in [-0.25, -0.2) is 13.2 Å². The van der Waals surface area contributed by atoms with Gasteiger partial charge in [-0.2, -0.15) is 8.78 Å². The number of alkyl halides is 4. The van der Waals surface area contributed by atoms with E-state index < -0.39 is 35.6 Å². The highest BCUT2D eigenvalue weighted by molar-refractivity contribution is 5.94. The van der Waals surface area contributed by atoms with E-state index in [-0.39, 0.29) is 42.6 Å². The maximum absolute atomic E-state index is 13.6. The lowest BCUT2D eigenvalue weighted by atomic mass is 9.57. The van der Waals surface area contributed by atoms with Crippen LogP contribution in [0, 0.1) is 17.2 Å². The van der Waals surface area contributed by atoms with Gasteiger partial charge >= 0.3 is 6.61 Å². The number of nitrogens with one attached hydrogen (secondary N) is 1. The Morgan fingerprint density at radius 1 is 1.16 bits per heavy atom. The second-order valence-corrected chi connectivity index (χ2v) is 9.76. The first-order chi connectivity index (χ1) is 14.9. The summed E-state index contributed by atoms with van der Waals surface area (Å²) >= 11 is 0. The van der Waals surface area contributed by atoms with Crippen molar-refractivity contribution in [3.8, 4) is 5.75 Å². The highest BCUT2D eigenvalue weighted by atomic mass is 19.3. The molecule has 1 aromatic carbocycles. The molecule has 178 valence electrons. The molecule has 0 atom stereocenters. The molecule has 4 rings (SSSR count). The largest absolute Gasteiger partial charge is 0.435 e. The number of ether oxygens (including phenoxy) is 1. The summed E-state index contributed by atoms with van der Waals surface area (Å²) in [7, 11) is 0. The summed E-state index contributed by atoms with van der Waals surface area (Å²) in [5, 5.41) is 13.3. The zero-order chi connectivity index (χ0) is 23.1. The van der Waals surface area contributed by atoms with Crippen LogP contribution in [0.15, 0.2) is 18.2 Å². The Labute approximate surface area is 182 Å². The van der Waals surface area contributed by atoms with Crippen LogP contribution in [0.1, 0.15) is 48.9 Å². The van der Waals surface area contributed by atoms with E-state index in [1.165, 1.54) is 0 Å². The van der Waals surface area contributed by atoms with Gasteiger partial charge in [-0.3, -0.25) is 9.69 Å². The minimum Gasteiger partial charge on any atom is -0.435 e. The molecule has 1 spiro atoms. The third-order valence-electron chi connectivity index (χ3n) is 6.90. The van der Waals surface area contributed by atoms with E-state index in [1.807, 2.05) is 0 Å². The lowest BCUT2D eigenvalue weighted by Crippen LogP contribution is -2.65. The lowest BCUT2D eigenvalue weighted by molar-refractivity contribution is -0.150. The lowest BCUT2D eigenvalue weighted by Gasteiger charge is -2.60. The molecule has 3 aliphatic rings. The average molecular weight is 462 g/mol. The first-order valence-electron chi connectivity index (χ1n) is 10.8. The summed E-state index contributed by atoms with van der Waals surface area (Å²) in [6.07, 6.45) is 1.47. The van der Waals surface area contributed by atoms with Gasteiger partial charge in [-0.15, -0.1) is 0 Å². The number of carbonyl (C=O) groups is 1. The smallest absolute Gasteiger partial charge is 0.387 e. The molecule has 0 aromatic heterocycles. The first-order valence-corrected chi connectivity index (χ1v) is 10.8. The van der Waals surface area contributed by atoms with E-state index in [1.54, 1.807) is 0 Å². The number of hydrogen-bond acceptors (Lipinski definition) is 4. The molecule has 2 N–H and O–H groups in total. The van der Waals surface area contributed by atoms with Crippen molar-refractivity contribution >= 4 is 5.91 Å². The van der Waals surface area contributed by atoms with E-state index in [0.717, 1.165) is 44.1 Å². The summed E-state index contributed by atoms with van der Waals surface area (Å²) in [4.78, 5) is 14.4. The summed E-state index contributed by atoms with van der Waals surface area (Å²) < 4.78 is 69.0. The predicted molar refractivity (Wildman–Crippen MR) is 105 cm³/mol. The normalized spacial score (nSPS) is 24.1. The van der Waals surface area contributed by atoms with Crippen molar-refractivity contribution in [2.75, 3.05) is 26.2 Å². The quantitative estimate of drug-likeness (QED) is 0.605. The highest BCUT2D eigenvalue weighted by Crippen LogP contribution is 2.52. The first kappa shape index (κ1) is 23.2. The molecule has 32 heavy (non-hydrogen) atoms. The van der Waals surface area contributed by atoms with Crippen molar-refractivity contribution in [2.45, 2.75) is 56.7 Å². The van der Waals surface area contributed by atoms with Crippen LogP contribution >= 0.6 is 0 Å². The molecule has 1 heterocycles. The number of aliphatic hydroxyl groups is 1. The number of β-amino-alcohol motifs (C(OH)–C–C–N with tert-alkyl or cyclic N) is 1. The number of amides is 1. The topological polar surface area (TPSA) is 61.8 Å². The SMILES string of the molecule is O=C(NCC1CC2(C1)CN(CC1(O)CCC(F)(F)CC1)C2)c1cc(F)cc(OC(F)F)c1. The van der Waals surface area contributed by atoms with E-state index in [9.17, 15) is 31.9 Å². The molecule has 3 fully saturated rings. The molecule has 2 aliphatic carbocycles. The van der Waals surface area contributed by atoms with Crippen LogP contribution in [-0.4, -0.2) is 60.2 Å². The summed E-state index contributed by atoms with van der Waals surface area (Å²) in [6, 6.07) is 2.82. The third kappa shape index (κ3) is 5.33. The Hall–Kier alpha value is -1.94. The summed E-state index contributed by atoms with van der Waals surface area (Å²) in [6.45, 7) is -0.709. The highest BCUT2D eigenvalue weighted by Gasteiger charge is 2.53. The molecular weight excluding hydrogens is 435 g/mol. The molecule has 0 bridgehead atoms. The zero-order valence-electron chi connectivity index (χ0n) is 17.6. The molecule has 1 aromatic rings. The minimum atomic E-state index is -3.11. The second-order valence-electron chi connectivity index (χ2n) is 9.76. The van der Waals surface area contributed by atoms with Crippen LogP contribution in [-0.2, 0) is 0 Å². The van der Waals surface area contributed by atoms with Crippen LogP contribution < -0.4 is 10.1 Å². The van der Waals surface area contributed by atoms with Gasteiger partial charge in [0.05, 0.1) is 5.60 Å². The second kappa shape index (κ2) is 8.44. The van der Waals surface area contributed by atoms with Crippen molar-refractivity contribution in [1.82, 2.24) is 10.2 Å². The molecule has 1 saturated heterocycles. The number of hydrogen-bond donors (Lipinski definition) is 2. The van der Waals surface area contributed by atoms with Gasteiger partial charge in [0.25, 0.3) is 5.91 Å². The van der Waals surface area contributed by atoms with Crippen LogP contribution in [0.5, 0.6) is 5.75 Å². The zero-order valence-corrected chi connectivity index (χ0v) is 17.6. The summed E-state index contributed by atoms with van der Waals surface area (Å²) in [5.74, 6) is -4.23. The van der Waals surface area contributed by atoms with E-state index >= 15 is 0 Å². The van der Waals surface area contributed by atoms with Crippen LogP contribution in [0.4, 0.5) is 22.0 Å². The van der Waals surface area contributed by atoms with Gasteiger partial charge in [0.15, 0.2) is 0 Å². The molecule has 0 radical (unpaired) electrons. The van der Waals surface area contributed by atoms with E-state index in [2.05, 4.69) is 15.0 Å². The Morgan fingerprint density at radius 3 is 2.44 bits per heavy atom. The van der Waals surface area contributed by atoms with Crippen molar-refractivity contribution < 1.29 is 36.6 Å². The number of rotatable bonds is 7. The maximum atomic E-state index is 13.6. The average Bonchev–Trinajstić information content (AvgIpc) is 2.63. The van der Waals surface area contributed by atoms with Crippen molar-refractivity contribution in [3.05, 3.63) is 29.6 Å². The van der Waals surface area contributed by atoms with Crippen molar-refractivity contribution in [3.63, 3.8) is 0 Å². The standard InChI is InChI=1S/C22H27F5N2O3/c23-16-5-15(6-17(7-16)32-19(24)25)18(30)28-10-14-8-20(9-14)11-29(12-20)13-21(31)1-3-22(26,27)4-2-21/h5-7,14,19,31H,1-4,8-13H2,(H,28,30). The minimum absolute atomic E-state index is 0.0872. The van der Waals surface area contributed by atoms with Crippen LogP contribution in [0.3, 0.4) is 0 Å². The molecular formula is C22H27F5N2O3. The molecule has 1 amide bonds. The van der Waals surface area contributed by atoms with Gasteiger partial charge < -0.3 is 15.2 Å². The monoisotopic (exact) mass is 462 g/mol. The van der Waals surface area contributed by atoms with Gasteiger partial charge in [0, 0.05) is 50.7 Å². The van der Waals surface area contributed by atoms with E-state index in [4.69, 9.17) is 0 Å². The summed E-state index contributed by atoms with van der Waals surface area (Å²) in [5.41, 5.74) is -0.990. The molecule has 2 saturated carbocycles. The maximum Gasteiger partial charge on any atom is 0.387 e. The fraction of sp³-hybridized carbons (Fsp3) is 0.682. The molecule has 0 unspecified atom stereocenters. The van der Waals surface area contributed by atoms with Crippen LogP contribution in [0.2, 0.25) is 0 Å². The third-order valence-corrected chi connectivity index (χ3v) is 6.90. The fourth-order valence-electron chi connectivity index (χ4n) is 5.44. The molecule has 5 nitrogen and oxygen atoms in total.